The quantitative estimate of drug-likeness (QED) is 0.773. The van der Waals surface area contributed by atoms with Gasteiger partial charge in [-0.2, -0.15) is 0 Å². The van der Waals surface area contributed by atoms with E-state index in [9.17, 15) is 13.2 Å². The fourth-order valence-corrected chi connectivity index (χ4v) is 3.61. The van der Waals surface area contributed by atoms with Gasteiger partial charge < -0.3 is 4.90 Å². The average Bonchev–Trinajstić information content (AvgIpc) is 2.91. The van der Waals surface area contributed by atoms with Crippen LogP contribution in [0.5, 0.6) is 0 Å². The van der Waals surface area contributed by atoms with Gasteiger partial charge in [-0.05, 0) is 18.9 Å². The van der Waals surface area contributed by atoms with Gasteiger partial charge in [-0.3, -0.25) is 4.79 Å². The minimum Gasteiger partial charge on any atom is -0.333 e. The molecule has 0 saturated heterocycles. The normalized spacial score (nSPS) is 11.4. The molecule has 0 atom stereocenters. The molecular weight excluding hydrogens is 346 g/mol. The van der Waals surface area contributed by atoms with Crippen LogP contribution in [0.4, 0.5) is 0 Å². The number of rotatable bonds is 8. The van der Waals surface area contributed by atoms with Gasteiger partial charge in [-0.15, -0.1) is 11.3 Å². The van der Waals surface area contributed by atoms with Crippen molar-refractivity contribution in [2.24, 2.45) is 5.14 Å². The molecular formula is C16H21N3O3S2. The van der Waals surface area contributed by atoms with Crippen LogP contribution in [0, 0.1) is 6.92 Å². The maximum atomic E-state index is 12.5. The number of nitrogens with zero attached hydrogens (tertiary/aromatic N) is 2. The maximum Gasteiger partial charge on any atom is 0.223 e. The van der Waals surface area contributed by atoms with Crippen LogP contribution in [-0.4, -0.2) is 30.0 Å². The Bertz CT molecular complexity index is 773. The third-order valence-electron chi connectivity index (χ3n) is 3.57. The van der Waals surface area contributed by atoms with Gasteiger partial charge in [0, 0.05) is 17.8 Å². The molecule has 8 heteroatoms. The Morgan fingerprint density at radius 3 is 2.54 bits per heavy atom. The van der Waals surface area contributed by atoms with Crippen molar-refractivity contribution in [1.29, 1.82) is 0 Å². The minimum absolute atomic E-state index is 0.0877. The lowest BCUT2D eigenvalue weighted by Gasteiger charge is -2.22. The van der Waals surface area contributed by atoms with Gasteiger partial charge in [-0.25, -0.2) is 18.5 Å². The lowest BCUT2D eigenvalue weighted by atomic mass is 10.2. The summed E-state index contributed by atoms with van der Waals surface area (Å²) in [6.07, 6.45) is 0.381. The Balaban J connectivity index is 2.06. The SMILES string of the molecule is Cc1ncsc1CN(Cc1ccccc1)C(=O)CCCS(N)(=O)=O. The van der Waals surface area contributed by atoms with E-state index in [1.807, 2.05) is 37.3 Å². The highest BCUT2D eigenvalue weighted by Crippen LogP contribution is 2.18. The fraction of sp³-hybridized carbons (Fsp3) is 0.375. The molecule has 0 aliphatic heterocycles. The molecule has 2 N–H and O–H groups in total. The van der Waals surface area contributed by atoms with E-state index in [1.165, 1.54) is 11.3 Å². The van der Waals surface area contributed by atoms with Crippen molar-refractivity contribution >= 4 is 27.3 Å². The summed E-state index contributed by atoms with van der Waals surface area (Å²) in [4.78, 5) is 19.5. The second-order valence-electron chi connectivity index (χ2n) is 5.57. The molecule has 130 valence electrons. The lowest BCUT2D eigenvalue weighted by Crippen LogP contribution is -2.30. The molecule has 1 aromatic carbocycles. The standard InChI is InChI=1S/C16H21N3O3S2/c1-13-15(23-12-18-13)11-19(10-14-6-3-2-4-7-14)16(20)8-5-9-24(17,21)22/h2-4,6-7,12H,5,8-11H2,1H3,(H2,17,21,22). The summed E-state index contributed by atoms with van der Waals surface area (Å²) >= 11 is 1.51. The second-order valence-corrected chi connectivity index (χ2v) is 8.24. The lowest BCUT2D eigenvalue weighted by molar-refractivity contribution is -0.132. The monoisotopic (exact) mass is 367 g/mol. The number of thiazole rings is 1. The van der Waals surface area contributed by atoms with Gasteiger partial charge in [0.05, 0.1) is 23.5 Å². The molecule has 0 unspecified atom stereocenters. The van der Waals surface area contributed by atoms with Crippen molar-refractivity contribution in [3.8, 4) is 0 Å². The van der Waals surface area contributed by atoms with Crippen molar-refractivity contribution in [3.63, 3.8) is 0 Å². The van der Waals surface area contributed by atoms with Gasteiger partial charge in [0.2, 0.25) is 15.9 Å². The van der Waals surface area contributed by atoms with E-state index in [0.717, 1.165) is 16.1 Å². The predicted molar refractivity (Wildman–Crippen MR) is 94.8 cm³/mol. The van der Waals surface area contributed by atoms with E-state index < -0.39 is 10.0 Å². The Kier molecular flexibility index (Phi) is 6.47. The van der Waals surface area contributed by atoms with E-state index >= 15 is 0 Å². The summed E-state index contributed by atoms with van der Waals surface area (Å²) in [5.74, 6) is -0.271. The van der Waals surface area contributed by atoms with Gasteiger partial charge in [0.1, 0.15) is 0 Å². The molecule has 2 rings (SSSR count). The summed E-state index contributed by atoms with van der Waals surface area (Å²) in [5, 5.41) is 4.99. The highest BCUT2D eigenvalue weighted by atomic mass is 32.2. The van der Waals surface area contributed by atoms with Crippen LogP contribution in [0.1, 0.15) is 29.0 Å². The van der Waals surface area contributed by atoms with Crippen molar-refractivity contribution < 1.29 is 13.2 Å². The molecule has 0 radical (unpaired) electrons. The number of aryl methyl sites for hydroxylation is 1. The Morgan fingerprint density at radius 1 is 1.25 bits per heavy atom. The van der Waals surface area contributed by atoms with E-state index in [4.69, 9.17) is 5.14 Å². The number of amides is 1. The molecule has 24 heavy (non-hydrogen) atoms. The third-order valence-corrected chi connectivity index (χ3v) is 5.35. The van der Waals surface area contributed by atoms with E-state index in [2.05, 4.69) is 4.98 Å². The van der Waals surface area contributed by atoms with Crippen LogP contribution < -0.4 is 5.14 Å². The molecule has 0 fully saturated rings. The zero-order valence-corrected chi connectivity index (χ0v) is 15.1. The topological polar surface area (TPSA) is 93.4 Å². The molecule has 1 amide bonds. The maximum absolute atomic E-state index is 12.5. The zero-order valence-electron chi connectivity index (χ0n) is 13.5. The second kappa shape index (κ2) is 8.36. The number of hydrogen-bond acceptors (Lipinski definition) is 5. The fourth-order valence-electron chi connectivity index (χ4n) is 2.27. The van der Waals surface area contributed by atoms with Crippen LogP contribution in [-0.2, 0) is 27.9 Å². The first-order valence-electron chi connectivity index (χ1n) is 7.56. The third kappa shape index (κ3) is 6.03. The highest BCUT2D eigenvalue weighted by Gasteiger charge is 2.17. The number of carbonyl (C=O) groups is 1. The molecule has 2 aromatic rings. The molecule has 1 aromatic heterocycles. The van der Waals surface area contributed by atoms with Crippen LogP contribution in [0.3, 0.4) is 0 Å². The first-order valence-corrected chi connectivity index (χ1v) is 10.2. The average molecular weight is 367 g/mol. The number of primary sulfonamides is 1. The number of benzene rings is 1. The first kappa shape index (κ1) is 18.6. The highest BCUT2D eigenvalue weighted by molar-refractivity contribution is 7.89. The van der Waals surface area contributed by atoms with Crippen molar-refractivity contribution in [3.05, 3.63) is 52.0 Å². The predicted octanol–water partition coefficient (Wildman–Crippen LogP) is 2.05. The van der Waals surface area contributed by atoms with Crippen molar-refractivity contribution in [1.82, 2.24) is 9.88 Å². The van der Waals surface area contributed by atoms with Crippen molar-refractivity contribution in [2.45, 2.75) is 32.9 Å². The van der Waals surface area contributed by atoms with E-state index in [1.54, 1.807) is 10.4 Å². The molecule has 0 spiro atoms. The van der Waals surface area contributed by atoms with Crippen LogP contribution in [0.15, 0.2) is 35.8 Å². The Hall–Kier alpha value is -1.77. The molecule has 0 saturated carbocycles. The van der Waals surface area contributed by atoms with Gasteiger partial charge in [-0.1, -0.05) is 30.3 Å². The molecule has 6 nitrogen and oxygen atoms in total. The summed E-state index contributed by atoms with van der Waals surface area (Å²) in [6, 6.07) is 9.71. The molecule has 0 aliphatic rings. The van der Waals surface area contributed by atoms with Gasteiger partial charge in [0.15, 0.2) is 0 Å². The first-order chi connectivity index (χ1) is 11.3. The number of sulfonamides is 1. The zero-order chi connectivity index (χ0) is 17.6. The van der Waals surface area contributed by atoms with Gasteiger partial charge in [0.25, 0.3) is 0 Å². The molecule has 0 aliphatic carbocycles. The van der Waals surface area contributed by atoms with Gasteiger partial charge >= 0.3 is 0 Å². The largest absolute Gasteiger partial charge is 0.333 e. The van der Waals surface area contributed by atoms with Crippen molar-refractivity contribution in [2.75, 3.05) is 5.75 Å². The summed E-state index contributed by atoms with van der Waals surface area (Å²) in [6.45, 7) is 2.87. The number of nitrogens with two attached hydrogens (primary N) is 1. The minimum atomic E-state index is -3.54. The van der Waals surface area contributed by atoms with Crippen LogP contribution in [0.25, 0.3) is 0 Å². The molecule has 1 heterocycles. The summed E-state index contributed by atoms with van der Waals surface area (Å²) < 4.78 is 22.0. The van der Waals surface area contributed by atoms with E-state index in [0.29, 0.717) is 13.1 Å². The van der Waals surface area contributed by atoms with E-state index in [-0.39, 0.29) is 24.5 Å². The van der Waals surface area contributed by atoms with Crippen LogP contribution in [0.2, 0.25) is 0 Å². The smallest absolute Gasteiger partial charge is 0.223 e. The Morgan fingerprint density at radius 2 is 1.96 bits per heavy atom. The summed E-state index contributed by atoms with van der Waals surface area (Å²) in [7, 11) is -3.54. The number of carbonyl (C=O) groups excluding carboxylic acids is 1. The van der Waals surface area contributed by atoms with Crippen LogP contribution >= 0.6 is 11.3 Å². The number of aromatic nitrogens is 1. The molecule has 0 bridgehead atoms. The summed E-state index contributed by atoms with van der Waals surface area (Å²) in [5.41, 5.74) is 3.70. The Labute approximate surface area is 146 Å². The number of hydrogen-bond donors (Lipinski definition) is 1.